The van der Waals surface area contributed by atoms with E-state index in [1.165, 1.54) is 35.8 Å². The van der Waals surface area contributed by atoms with Crippen LogP contribution in [0.5, 0.6) is 0 Å². The van der Waals surface area contributed by atoms with E-state index >= 15 is 0 Å². The van der Waals surface area contributed by atoms with Crippen LogP contribution in [0.25, 0.3) is 0 Å². The van der Waals surface area contributed by atoms with Gasteiger partial charge >= 0.3 is 50.7 Å². The van der Waals surface area contributed by atoms with Gasteiger partial charge in [-0.25, -0.2) is 16.8 Å². The first-order chi connectivity index (χ1) is 44.0. The molecule has 3 aliphatic rings. The first-order valence-electron chi connectivity index (χ1n) is 30.9. The minimum atomic E-state index is -3.66. The molecule has 14 nitrogen and oxygen atoms in total. The van der Waals surface area contributed by atoms with E-state index in [2.05, 4.69) is 107 Å². The molecular weight excluding hydrogens is 1660 g/mol. The van der Waals surface area contributed by atoms with Crippen LogP contribution in [0.3, 0.4) is 0 Å². The second-order valence-electron chi connectivity index (χ2n) is 25.9. The van der Waals surface area contributed by atoms with Gasteiger partial charge in [-0.2, -0.15) is 26.4 Å². The summed E-state index contributed by atoms with van der Waals surface area (Å²) in [5.74, 6) is 1.60. The molecular formula is C75H120B3Br4NaO14S5. The molecule has 0 amide bonds. The van der Waals surface area contributed by atoms with Crippen molar-refractivity contribution in [3.05, 3.63) is 197 Å². The predicted octanol–water partition coefficient (Wildman–Crippen LogP) is 15.9. The third-order valence-corrected chi connectivity index (χ3v) is 22.3. The van der Waals surface area contributed by atoms with Crippen LogP contribution >= 0.6 is 75.5 Å². The van der Waals surface area contributed by atoms with Gasteiger partial charge in [0, 0.05) is 37.0 Å². The van der Waals surface area contributed by atoms with Crippen LogP contribution in [0, 0.1) is 6.92 Å². The number of hydrogen-bond acceptors (Lipinski definition) is 16. The third-order valence-electron chi connectivity index (χ3n) is 16.4. The number of aliphatic hydroxyl groups is 1. The number of aliphatic hydroxyl groups excluding tert-OH is 1. The fourth-order valence-electron chi connectivity index (χ4n) is 8.42. The van der Waals surface area contributed by atoms with E-state index in [1.54, 1.807) is 30.5 Å². The molecule has 27 heteroatoms. The number of sulfone groups is 2. The van der Waals surface area contributed by atoms with E-state index in [-0.39, 0.29) is 144 Å². The zero-order valence-electron chi connectivity index (χ0n) is 59.0. The van der Waals surface area contributed by atoms with Gasteiger partial charge in [0.2, 0.25) is 0 Å². The molecule has 0 atom stereocenters. The van der Waals surface area contributed by atoms with Crippen LogP contribution in [-0.2, 0) is 107 Å². The van der Waals surface area contributed by atoms with Crippen LogP contribution in [0.2, 0.25) is 0 Å². The van der Waals surface area contributed by atoms with Gasteiger partial charge in [0.25, 0.3) is 10.1 Å². The normalized spacial score (nSPS) is 15.7. The average Bonchev–Trinajstić information content (AvgIpc) is 1.60. The number of rotatable bonds is 18. The van der Waals surface area contributed by atoms with Crippen LogP contribution < -0.4 is 35.0 Å². The Kier molecular flexibility index (Phi) is 53.3. The molecule has 3 aliphatic heterocycles. The van der Waals surface area contributed by atoms with Gasteiger partial charge in [-0.1, -0.05) is 199 Å². The molecule has 0 aromatic heterocycles. The SMILES string of the molecule is C.C.C.C.C.C.CC1(C)OB(B2OC(C)(C)C(C)(C)O2)OC1(C)C.CC1(C)OB(c2ccc(CCS(C)(=O)=O)cc2)OC1(C)C.CS(=O)(=O)CCc1ccc(Br)cc1.CSCCc1ccc(Br)cc1.C[S-].Cc1ccc(S(=O)(=O)OCCc2ccc(Br)cc2)cc1.OCCc1ccc(Br)cc1.[Na+]. The molecule has 6 aromatic rings. The van der Waals surface area contributed by atoms with E-state index in [1.807, 2.05) is 199 Å². The third kappa shape index (κ3) is 38.8. The molecule has 0 spiro atoms. The summed E-state index contributed by atoms with van der Waals surface area (Å²) in [5.41, 5.74) is 5.50. The largest absolute Gasteiger partial charge is 1.00 e. The van der Waals surface area contributed by atoms with Crippen molar-refractivity contribution in [1.29, 1.82) is 0 Å². The van der Waals surface area contributed by atoms with Crippen molar-refractivity contribution < 1.29 is 92.0 Å². The van der Waals surface area contributed by atoms with Gasteiger partial charge in [0.15, 0.2) is 0 Å². The molecule has 0 aliphatic carbocycles. The fraction of sp³-hybridized carbons (Fsp3) is 0.520. The van der Waals surface area contributed by atoms with Gasteiger partial charge in [-0.15, -0.1) is 0 Å². The zero-order valence-corrected chi connectivity index (χ0v) is 71.4. The van der Waals surface area contributed by atoms with E-state index in [0.29, 0.717) is 19.3 Å². The second kappa shape index (κ2) is 49.7. The summed E-state index contributed by atoms with van der Waals surface area (Å²) >= 11 is 19.4. The van der Waals surface area contributed by atoms with Crippen molar-refractivity contribution in [1.82, 2.24) is 0 Å². The smallest absolute Gasteiger partial charge is 0.796 e. The first kappa shape index (κ1) is 109. The van der Waals surface area contributed by atoms with Gasteiger partial charge < -0.3 is 45.7 Å². The topological polar surface area (TPSA) is 187 Å². The van der Waals surface area contributed by atoms with E-state index in [0.717, 1.165) is 52.0 Å². The van der Waals surface area contributed by atoms with Crippen LogP contribution in [-0.4, -0.2) is 141 Å². The summed E-state index contributed by atoms with van der Waals surface area (Å²) in [7, 11) is -10.8. The van der Waals surface area contributed by atoms with Crippen molar-refractivity contribution in [3.8, 4) is 0 Å². The maximum Gasteiger partial charge on any atom is 1.00 e. The maximum atomic E-state index is 12.0. The van der Waals surface area contributed by atoms with Crippen molar-refractivity contribution in [2.24, 2.45) is 0 Å². The Balaban J connectivity index is -0.000000368. The van der Waals surface area contributed by atoms with E-state index in [4.69, 9.17) is 37.2 Å². The summed E-state index contributed by atoms with van der Waals surface area (Å²) in [6.45, 7) is 26.6. The maximum absolute atomic E-state index is 12.0. The minimum absolute atomic E-state index is 0. The summed E-state index contributed by atoms with van der Waals surface area (Å²) < 4.78 is 113. The summed E-state index contributed by atoms with van der Waals surface area (Å²) in [4.78, 5) is 0.193. The average molecular weight is 1780 g/mol. The molecule has 0 bridgehead atoms. The molecule has 3 saturated heterocycles. The van der Waals surface area contributed by atoms with Crippen molar-refractivity contribution >= 4 is 145 Å². The molecule has 0 unspecified atom stereocenters. The molecule has 9 rings (SSSR count). The Morgan fingerprint density at radius 1 is 0.422 bits per heavy atom. The van der Waals surface area contributed by atoms with Crippen LogP contribution in [0.1, 0.15) is 161 Å². The van der Waals surface area contributed by atoms with Gasteiger partial charge in [0.05, 0.1) is 56.6 Å². The van der Waals surface area contributed by atoms with Gasteiger partial charge in [-0.3, -0.25) is 4.18 Å². The van der Waals surface area contributed by atoms with E-state index in [9.17, 15) is 25.3 Å². The Morgan fingerprint density at radius 2 is 0.686 bits per heavy atom. The standard InChI is InChI=1S/C15H23BO4S.C15H15BrO3S.C12H24B2O4.C9H11BrO2S.C9H11BrS.C8H9BrO.CH4S.6CH4.Na/c1-14(2)15(3,4)20-16(19-14)13-8-6-12(7-9-13)10-11-21(5,17)18;1-12-2-8-15(9-3-12)20(17,18)19-11-10-13-4-6-14(16)7-5-13;1-9(2)10(3,4)16-13(15-9)14-17-11(5,6)12(7,8)18-14;1-13(11,12)7-6-8-2-4-9(10)5-3-8;1-11-7-6-8-2-4-9(10)5-3-8;9-8-3-1-7(2-4-8)5-6-10;1-2;;;;;;;/h6-9H,10-11H2,1-5H3;2-9H,10-11H2,1H3;1-8H3;2-5H,6-7H2,1H3;2-5H,6-7H2,1H3;1-4,10H,5-6H2;2H,1H3;6*1H4;/q;;;;;;;;;;;;;+1/p-1. The first-order valence-corrected chi connectivity index (χ1v) is 41.8. The summed E-state index contributed by atoms with van der Waals surface area (Å²) in [5, 5.41) is 8.58. The van der Waals surface area contributed by atoms with Gasteiger partial charge in [0.1, 0.15) is 19.7 Å². The van der Waals surface area contributed by atoms with Crippen LogP contribution in [0.4, 0.5) is 0 Å². The summed E-state index contributed by atoms with van der Waals surface area (Å²) in [6, 6.07) is 46.3. The van der Waals surface area contributed by atoms with Crippen LogP contribution in [0.15, 0.2) is 168 Å². The molecule has 102 heavy (non-hydrogen) atoms. The minimum Gasteiger partial charge on any atom is -0.796 e. The number of benzene rings is 6. The molecule has 6 aromatic carbocycles. The fourth-order valence-corrected chi connectivity index (χ4v) is 12.0. The Morgan fingerprint density at radius 3 is 0.971 bits per heavy atom. The van der Waals surface area contributed by atoms with Crippen molar-refractivity contribution in [3.63, 3.8) is 0 Å². The zero-order chi connectivity index (χ0) is 71.9. The molecule has 3 heterocycles. The van der Waals surface area contributed by atoms with Crippen molar-refractivity contribution in [2.75, 3.05) is 55.5 Å². The van der Waals surface area contributed by atoms with Gasteiger partial charge in [-0.05, 0) is 228 Å². The Labute approximate surface area is 686 Å². The Bertz CT molecular complexity index is 3520. The number of hydrogen-bond donors (Lipinski definition) is 1. The summed E-state index contributed by atoms with van der Waals surface area (Å²) in [6.07, 6.45) is 9.82. The molecule has 1 N–H and O–H groups in total. The molecule has 0 radical (unpaired) electrons. The molecule has 3 fully saturated rings. The second-order valence-corrected chi connectivity index (χ2v) is 36.7. The van der Waals surface area contributed by atoms with Crippen molar-refractivity contribution in [2.45, 2.75) is 205 Å². The Hall–Kier alpha value is -1.34. The predicted molar refractivity (Wildman–Crippen MR) is 452 cm³/mol. The molecule has 572 valence electrons. The number of thioether (sulfide) groups is 1. The molecule has 0 saturated carbocycles. The quantitative estimate of drug-likeness (QED) is 0.0486. The number of halogens is 4. The number of aryl methyl sites for hydroxylation is 4. The monoisotopic (exact) mass is 1780 g/mol. The van der Waals surface area contributed by atoms with E-state index < -0.39 is 43.8 Å².